The third-order valence-corrected chi connectivity index (χ3v) is 4.65. The lowest BCUT2D eigenvalue weighted by molar-refractivity contribution is -0.117. The molecule has 0 fully saturated rings. The number of anilines is 1. The molecule has 3 rings (SSSR count). The first-order chi connectivity index (χ1) is 14.3. The van der Waals surface area contributed by atoms with Crippen molar-refractivity contribution in [3.05, 3.63) is 58.5 Å². The van der Waals surface area contributed by atoms with Gasteiger partial charge in [0, 0.05) is 0 Å². The molecule has 158 valence electrons. The second kappa shape index (κ2) is 9.04. The van der Waals surface area contributed by atoms with E-state index < -0.39 is 24.0 Å². The van der Waals surface area contributed by atoms with Crippen LogP contribution in [0, 0.1) is 6.92 Å². The molecule has 0 radical (unpaired) electrons. The molecule has 11 heteroatoms. The fraction of sp³-hybridized carbons (Fsp3) is 0.263. The Balaban J connectivity index is 1.91. The summed E-state index contributed by atoms with van der Waals surface area (Å²) in [6.45, 7) is 2.89. The number of alkyl halides is 2. The number of carbonyl (C=O) groups is 2. The molecule has 1 amide bonds. The number of ether oxygens (including phenoxy) is 1. The van der Waals surface area contributed by atoms with Crippen LogP contribution in [0.3, 0.4) is 0 Å². The molecule has 1 N–H and O–H groups in total. The summed E-state index contributed by atoms with van der Waals surface area (Å²) in [5, 5.41) is 10.3. The molecule has 8 nitrogen and oxygen atoms in total. The quantitative estimate of drug-likeness (QED) is 0.568. The number of carbonyl (C=O) groups excluding carboxylic acids is 2. The maximum atomic E-state index is 13.0. The van der Waals surface area contributed by atoms with E-state index in [-0.39, 0.29) is 35.2 Å². The van der Waals surface area contributed by atoms with Crippen molar-refractivity contribution in [1.29, 1.82) is 0 Å². The first-order valence-corrected chi connectivity index (χ1v) is 9.32. The van der Waals surface area contributed by atoms with Crippen molar-refractivity contribution < 1.29 is 23.1 Å². The lowest BCUT2D eigenvalue weighted by Crippen LogP contribution is -2.23. The van der Waals surface area contributed by atoms with Crippen LogP contribution >= 0.6 is 11.6 Å². The number of para-hydroxylation sites is 1. The minimum Gasteiger partial charge on any atom is -0.462 e. The van der Waals surface area contributed by atoms with Crippen molar-refractivity contribution in [3.63, 3.8) is 0 Å². The molecule has 0 spiro atoms. The van der Waals surface area contributed by atoms with Gasteiger partial charge in [0.15, 0.2) is 5.82 Å². The van der Waals surface area contributed by atoms with Crippen LogP contribution in [0.2, 0.25) is 5.02 Å². The van der Waals surface area contributed by atoms with E-state index in [1.807, 2.05) is 6.07 Å². The third kappa shape index (κ3) is 4.33. The molecule has 0 aliphatic carbocycles. The molecule has 0 aliphatic rings. The summed E-state index contributed by atoms with van der Waals surface area (Å²) in [5.74, 6) is -1.18. The molecule has 1 aromatic carbocycles. The van der Waals surface area contributed by atoms with Gasteiger partial charge in [0.25, 0.3) is 6.43 Å². The van der Waals surface area contributed by atoms with Crippen LogP contribution in [-0.2, 0) is 16.1 Å². The number of nitrogens with one attached hydrogen (secondary N) is 1. The summed E-state index contributed by atoms with van der Waals surface area (Å²) in [6, 6.07) is 8.83. The number of rotatable bonds is 7. The van der Waals surface area contributed by atoms with Gasteiger partial charge in [0.05, 0.1) is 29.2 Å². The third-order valence-electron chi connectivity index (χ3n) is 4.18. The Morgan fingerprint density at radius 2 is 1.97 bits per heavy atom. The van der Waals surface area contributed by atoms with Crippen LogP contribution in [-0.4, -0.2) is 38.0 Å². The highest BCUT2D eigenvalue weighted by Gasteiger charge is 2.24. The highest BCUT2D eigenvalue weighted by molar-refractivity contribution is 6.31. The monoisotopic (exact) mass is 437 g/mol. The van der Waals surface area contributed by atoms with Gasteiger partial charge in [-0.2, -0.15) is 10.2 Å². The summed E-state index contributed by atoms with van der Waals surface area (Å²) < 4.78 is 33.5. The maximum Gasteiger partial charge on any atom is 0.343 e. The molecule has 0 saturated heterocycles. The standard InChI is InChI=1S/C19H18ClF2N5O3/c1-3-30-19(29)13-9-23-27(12-7-5-4-6-8-12)18(13)24-14(28)10-26-11(2)15(20)16(25-26)17(21)22/h4-9,17H,3,10H2,1-2H3,(H,24,28). The van der Waals surface area contributed by atoms with Crippen molar-refractivity contribution in [2.45, 2.75) is 26.8 Å². The fourth-order valence-electron chi connectivity index (χ4n) is 2.74. The molecule has 0 unspecified atom stereocenters. The number of hydrogen-bond acceptors (Lipinski definition) is 5. The van der Waals surface area contributed by atoms with Crippen molar-refractivity contribution >= 4 is 29.3 Å². The highest BCUT2D eigenvalue weighted by Crippen LogP contribution is 2.28. The van der Waals surface area contributed by atoms with Gasteiger partial charge in [-0.15, -0.1) is 0 Å². The first-order valence-electron chi connectivity index (χ1n) is 8.94. The normalized spacial score (nSPS) is 11.0. The number of aromatic nitrogens is 4. The SMILES string of the molecule is CCOC(=O)c1cnn(-c2ccccc2)c1NC(=O)Cn1nc(C(F)F)c(Cl)c1C. The summed E-state index contributed by atoms with van der Waals surface area (Å²) >= 11 is 5.87. The second-order valence-corrected chi connectivity index (χ2v) is 6.54. The van der Waals surface area contributed by atoms with E-state index in [0.29, 0.717) is 5.69 Å². The van der Waals surface area contributed by atoms with E-state index in [1.54, 1.807) is 31.2 Å². The van der Waals surface area contributed by atoms with Crippen molar-refractivity contribution in [2.24, 2.45) is 0 Å². The zero-order valence-corrected chi connectivity index (χ0v) is 16.9. The Hall–Kier alpha value is -3.27. The zero-order valence-electron chi connectivity index (χ0n) is 16.1. The maximum absolute atomic E-state index is 13.0. The van der Waals surface area contributed by atoms with Crippen LogP contribution < -0.4 is 5.32 Å². The molecule has 0 bridgehead atoms. The van der Waals surface area contributed by atoms with Gasteiger partial charge in [-0.25, -0.2) is 18.3 Å². The molecule has 0 aliphatic heterocycles. The predicted molar refractivity (Wildman–Crippen MR) is 105 cm³/mol. The minimum atomic E-state index is -2.87. The number of benzene rings is 1. The number of hydrogen-bond donors (Lipinski definition) is 1. The number of halogens is 3. The molecule has 2 heterocycles. The Morgan fingerprint density at radius 3 is 2.57 bits per heavy atom. The van der Waals surface area contributed by atoms with Crippen LogP contribution in [0.4, 0.5) is 14.6 Å². The summed E-state index contributed by atoms with van der Waals surface area (Å²) in [7, 11) is 0. The van der Waals surface area contributed by atoms with E-state index in [2.05, 4.69) is 15.5 Å². The average Bonchev–Trinajstić information content (AvgIpc) is 3.25. The van der Waals surface area contributed by atoms with Gasteiger partial charge in [0.2, 0.25) is 5.91 Å². The van der Waals surface area contributed by atoms with E-state index in [1.165, 1.54) is 17.8 Å². The van der Waals surface area contributed by atoms with Crippen LogP contribution in [0.5, 0.6) is 0 Å². The van der Waals surface area contributed by atoms with Crippen LogP contribution in [0.25, 0.3) is 5.69 Å². The fourth-order valence-corrected chi connectivity index (χ4v) is 2.96. The predicted octanol–water partition coefficient (Wildman–Crippen LogP) is 3.78. The average molecular weight is 438 g/mol. The molecular weight excluding hydrogens is 420 g/mol. The number of esters is 1. The summed E-state index contributed by atoms with van der Waals surface area (Å²) in [5.41, 5.74) is 0.284. The Bertz CT molecular complexity index is 1070. The lowest BCUT2D eigenvalue weighted by Gasteiger charge is -2.11. The van der Waals surface area contributed by atoms with Crippen molar-refractivity contribution in [2.75, 3.05) is 11.9 Å². The molecule has 0 atom stereocenters. The molecule has 2 aromatic heterocycles. The van der Waals surface area contributed by atoms with E-state index in [9.17, 15) is 18.4 Å². The summed E-state index contributed by atoms with van der Waals surface area (Å²) in [6.07, 6.45) is -1.58. The summed E-state index contributed by atoms with van der Waals surface area (Å²) in [4.78, 5) is 24.9. The van der Waals surface area contributed by atoms with Gasteiger partial charge < -0.3 is 10.1 Å². The van der Waals surface area contributed by atoms with Gasteiger partial charge >= 0.3 is 5.97 Å². The van der Waals surface area contributed by atoms with E-state index in [4.69, 9.17) is 16.3 Å². The molecule has 0 saturated carbocycles. The second-order valence-electron chi connectivity index (χ2n) is 6.17. The Labute approximate surface area is 175 Å². The molecule has 3 aromatic rings. The molecular formula is C19H18ClF2N5O3. The van der Waals surface area contributed by atoms with Crippen LogP contribution in [0.15, 0.2) is 36.5 Å². The van der Waals surface area contributed by atoms with Gasteiger partial charge in [-0.05, 0) is 26.0 Å². The molecule has 30 heavy (non-hydrogen) atoms. The zero-order chi connectivity index (χ0) is 21.8. The number of nitrogens with zero attached hydrogens (tertiary/aromatic N) is 4. The Morgan fingerprint density at radius 1 is 1.27 bits per heavy atom. The van der Waals surface area contributed by atoms with Crippen LogP contribution in [0.1, 0.15) is 35.1 Å². The number of amides is 1. The highest BCUT2D eigenvalue weighted by atomic mass is 35.5. The lowest BCUT2D eigenvalue weighted by atomic mass is 10.3. The largest absolute Gasteiger partial charge is 0.462 e. The van der Waals surface area contributed by atoms with E-state index >= 15 is 0 Å². The van der Waals surface area contributed by atoms with Gasteiger partial charge in [-0.1, -0.05) is 29.8 Å². The van der Waals surface area contributed by atoms with Gasteiger partial charge in [-0.3, -0.25) is 9.48 Å². The first kappa shape index (κ1) is 21.4. The van der Waals surface area contributed by atoms with Crippen molar-refractivity contribution in [1.82, 2.24) is 19.6 Å². The topological polar surface area (TPSA) is 91.0 Å². The van der Waals surface area contributed by atoms with Crippen molar-refractivity contribution in [3.8, 4) is 5.69 Å². The minimum absolute atomic E-state index is 0.0533. The van der Waals surface area contributed by atoms with Gasteiger partial charge in [0.1, 0.15) is 17.8 Å². The Kier molecular flexibility index (Phi) is 6.46. The smallest absolute Gasteiger partial charge is 0.343 e. The van der Waals surface area contributed by atoms with E-state index in [0.717, 1.165) is 4.68 Å².